The molecule has 0 saturated carbocycles. The third-order valence-corrected chi connectivity index (χ3v) is 5.83. The first kappa shape index (κ1) is 19.1. The first-order valence-corrected chi connectivity index (χ1v) is 9.33. The van der Waals surface area contributed by atoms with E-state index in [-0.39, 0.29) is 41.2 Å². The van der Waals surface area contributed by atoms with E-state index in [2.05, 4.69) is 4.98 Å². The number of carboxylic acid groups (broad SMARTS) is 1. The van der Waals surface area contributed by atoms with E-state index in [0.717, 1.165) is 49.9 Å². The van der Waals surface area contributed by atoms with Crippen molar-refractivity contribution < 1.29 is 19.5 Å². The molecule has 1 aromatic rings. The molecule has 0 radical (unpaired) electrons. The van der Waals surface area contributed by atoms with Crippen LogP contribution in [0.3, 0.4) is 0 Å². The van der Waals surface area contributed by atoms with Gasteiger partial charge in [-0.1, -0.05) is 0 Å². The summed E-state index contributed by atoms with van der Waals surface area (Å²) < 4.78 is 0. The van der Waals surface area contributed by atoms with Gasteiger partial charge in [-0.25, -0.2) is 0 Å². The van der Waals surface area contributed by atoms with Crippen LogP contribution < -0.4 is 5.56 Å². The Labute approximate surface area is 157 Å². The average Bonchev–Trinajstić information content (AvgIpc) is 3.09. The Morgan fingerprint density at radius 3 is 2.70 bits per heavy atom. The molecule has 4 rings (SSSR count). The largest absolute Gasteiger partial charge is 0.483 e. The smallest absolute Gasteiger partial charge is 0.290 e. The SMILES string of the molecule is CN1CC[C@@H]2CN(C(=O)c3cc4c([nH]c3=O)CCCC4)C[C@@H]2C1=O.O=CO. The van der Waals surface area contributed by atoms with Crippen LogP contribution in [0.15, 0.2) is 10.9 Å². The molecular weight excluding hydrogens is 350 g/mol. The highest BCUT2D eigenvalue weighted by atomic mass is 16.3. The van der Waals surface area contributed by atoms with E-state index < -0.39 is 0 Å². The quantitative estimate of drug-likeness (QED) is 0.695. The number of piperidine rings is 1. The monoisotopic (exact) mass is 375 g/mol. The molecule has 2 fully saturated rings. The lowest BCUT2D eigenvalue weighted by molar-refractivity contribution is -0.137. The number of hydrogen-bond donors (Lipinski definition) is 2. The molecule has 2 N–H and O–H groups in total. The van der Waals surface area contributed by atoms with Crippen LogP contribution in [0, 0.1) is 11.8 Å². The average molecular weight is 375 g/mol. The third-order valence-electron chi connectivity index (χ3n) is 5.83. The Morgan fingerprint density at radius 2 is 1.96 bits per heavy atom. The van der Waals surface area contributed by atoms with Crippen molar-refractivity contribution in [3.05, 3.63) is 33.2 Å². The summed E-state index contributed by atoms with van der Waals surface area (Å²) in [6.07, 6.45) is 4.91. The first-order valence-electron chi connectivity index (χ1n) is 9.33. The molecule has 3 heterocycles. The zero-order valence-corrected chi connectivity index (χ0v) is 15.4. The predicted molar refractivity (Wildman–Crippen MR) is 97.5 cm³/mol. The maximum Gasteiger partial charge on any atom is 0.290 e. The van der Waals surface area contributed by atoms with Gasteiger partial charge in [0, 0.05) is 32.4 Å². The molecule has 27 heavy (non-hydrogen) atoms. The fourth-order valence-corrected chi connectivity index (χ4v) is 4.37. The summed E-state index contributed by atoms with van der Waals surface area (Å²) in [6, 6.07) is 1.78. The summed E-state index contributed by atoms with van der Waals surface area (Å²) in [4.78, 5) is 52.2. The zero-order chi connectivity index (χ0) is 19.6. The highest BCUT2D eigenvalue weighted by molar-refractivity contribution is 5.95. The summed E-state index contributed by atoms with van der Waals surface area (Å²) in [5.41, 5.74) is 2.01. The third kappa shape index (κ3) is 3.74. The van der Waals surface area contributed by atoms with Gasteiger partial charge in [0.1, 0.15) is 5.56 Å². The number of carbonyl (C=O) groups excluding carboxylic acids is 2. The topological polar surface area (TPSA) is 111 Å². The van der Waals surface area contributed by atoms with Crippen molar-refractivity contribution in [2.75, 3.05) is 26.7 Å². The number of nitrogens with zero attached hydrogens (tertiary/aromatic N) is 2. The molecular formula is C19H25N3O5. The fraction of sp³-hybridized carbons (Fsp3) is 0.579. The van der Waals surface area contributed by atoms with Gasteiger partial charge in [0.15, 0.2) is 0 Å². The molecule has 8 heteroatoms. The van der Waals surface area contributed by atoms with Crippen LogP contribution in [-0.4, -0.2) is 64.9 Å². The number of carbonyl (C=O) groups is 3. The number of pyridine rings is 1. The number of H-pyrrole nitrogens is 1. The molecule has 8 nitrogen and oxygen atoms in total. The van der Waals surface area contributed by atoms with Gasteiger partial charge in [0.05, 0.1) is 5.92 Å². The van der Waals surface area contributed by atoms with E-state index in [9.17, 15) is 14.4 Å². The van der Waals surface area contributed by atoms with Crippen LogP contribution in [0.25, 0.3) is 0 Å². The minimum absolute atomic E-state index is 0.107. The molecule has 1 aromatic heterocycles. The molecule has 2 aliphatic heterocycles. The first-order chi connectivity index (χ1) is 13.0. The van der Waals surface area contributed by atoms with Crippen molar-refractivity contribution in [3.8, 4) is 0 Å². The van der Waals surface area contributed by atoms with Crippen molar-refractivity contribution in [3.63, 3.8) is 0 Å². The summed E-state index contributed by atoms with van der Waals surface area (Å²) in [7, 11) is 1.82. The lowest BCUT2D eigenvalue weighted by atomic mass is 9.88. The van der Waals surface area contributed by atoms with E-state index in [1.165, 1.54) is 0 Å². The van der Waals surface area contributed by atoms with Gasteiger partial charge in [-0.15, -0.1) is 0 Å². The molecule has 2 atom stereocenters. The number of aromatic amines is 1. The van der Waals surface area contributed by atoms with E-state index in [1.54, 1.807) is 15.9 Å². The van der Waals surface area contributed by atoms with Gasteiger partial charge in [-0.3, -0.25) is 19.2 Å². The number of hydrogen-bond acceptors (Lipinski definition) is 4. The number of rotatable bonds is 1. The molecule has 0 bridgehead atoms. The number of aromatic nitrogens is 1. The minimum Gasteiger partial charge on any atom is -0.483 e. The summed E-state index contributed by atoms with van der Waals surface area (Å²) in [6.45, 7) is 1.52. The second-order valence-corrected chi connectivity index (χ2v) is 7.45. The van der Waals surface area contributed by atoms with Crippen LogP contribution in [0.2, 0.25) is 0 Å². The maximum atomic E-state index is 12.9. The van der Waals surface area contributed by atoms with Crippen molar-refractivity contribution >= 4 is 18.3 Å². The Morgan fingerprint density at radius 1 is 1.26 bits per heavy atom. The van der Waals surface area contributed by atoms with Gasteiger partial charge in [-0.2, -0.15) is 0 Å². The number of nitrogens with one attached hydrogen (secondary N) is 1. The van der Waals surface area contributed by atoms with Crippen molar-refractivity contribution in [2.24, 2.45) is 11.8 Å². The van der Waals surface area contributed by atoms with Crippen LogP contribution >= 0.6 is 0 Å². The molecule has 0 spiro atoms. The standard InChI is InChI=1S/C18H23N3O3.CH2O2/c1-20-7-6-12-9-21(10-14(12)17(20)23)18(24)13-8-11-4-2-3-5-15(11)19-16(13)22;2-1-3/h8,12,14H,2-7,9-10H2,1H3,(H,19,22);1H,(H,2,3)/t12-,14+;/m1./s1. The van der Waals surface area contributed by atoms with E-state index in [0.29, 0.717) is 13.1 Å². The van der Waals surface area contributed by atoms with Crippen molar-refractivity contribution in [1.29, 1.82) is 0 Å². The Balaban J connectivity index is 0.000000659. The Bertz CT molecular complexity index is 803. The number of aryl methyl sites for hydroxylation is 2. The molecule has 0 aromatic carbocycles. The predicted octanol–water partition coefficient (Wildman–Crippen LogP) is 0.505. The normalized spacial score (nSPS) is 23.8. The second-order valence-electron chi connectivity index (χ2n) is 7.45. The fourth-order valence-electron chi connectivity index (χ4n) is 4.37. The number of fused-ring (bicyclic) bond motifs is 2. The van der Waals surface area contributed by atoms with Gasteiger partial charge in [-0.05, 0) is 49.7 Å². The van der Waals surface area contributed by atoms with Gasteiger partial charge in [0.2, 0.25) is 5.91 Å². The van der Waals surface area contributed by atoms with E-state index in [4.69, 9.17) is 9.90 Å². The van der Waals surface area contributed by atoms with Gasteiger partial charge in [0.25, 0.3) is 17.9 Å². The highest BCUT2D eigenvalue weighted by Gasteiger charge is 2.43. The van der Waals surface area contributed by atoms with Crippen LogP contribution in [0.5, 0.6) is 0 Å². The molecule has 1 aliphatic carbocycles. The zero-order valence-electron chi connectivity index (χ0n) is 15.4. The molecule has 2 amide bonds. The van der Waals surface area contributed by atoms with Gasteiger partial charge >= 0.3 is 0 Å². The number of amides is 2. The van der Waals surface area contributed by atoms with Crippen molar-refractivity contribution in [2.45, 2.75) is 32.1 Å². The Hall–Kier alpha value is -2.64. The lowest BCUT2D eigenvalue weighted by Gasteiger charge is -2.30. The molecule has 2 saturated heterocycles. The van der Waals surface area contributed by atoms with E-state index in [1.807, 2.05) is 7.05 Å². The molecule has 3 aliphatic rings. The maximum absolute atomic E-state index is 12.9. The molecule has 0 unspecified atom stereocenters. The van der Waals surface area contributed by atoms with Gasteiger partial charge < -0.3 is 19.9 Å². The lowest BCUT2D eigenvalue weighted by Crippen LogP contribution is -2.42. The van der Waals surface area contributed by atoms with Crippen LogP contribution in [-0.2, 0) is 22.4 Å². The summed E-state index contributed by atoms with van der Waals surface area (Å²) >= 11 is 0. The van der Waals surface area contributed by atoms with E-state index >= 15 is 0 Å². The summed E-state index contributed by atoms with van der Waals surface area (Å²) in [5, 5.41) is 6.89. The highest BCUT2D eigenvalue weighted by Crippen LogP contribution is 2.32. The second kappa shape index (κ2) is 7.94. The minimum atomic E-state index is -0.293. The van der Waals surface area contributed by atoms with Crippen LogP contribution in [0.1, 0.15) is 40.9 Å². The van der Waals surface area contributed by atoms with Crippen LogP contribution in [0.4, 0.5) is 0 Å². The summed E-state index contributed by atoms with van der Waals surface area (Å²) in [5.74, 6) is 0.0224. The number of likely N-dealkylation sites (tertiary alicyclic amines) is 2. The molecule has 146 valence electrons. The Kier molecular flexibility index (Phi) is 5.62. The van der Waals surface area contributed by atoms with Crippen molar-refractivity contribution in [1.82, 2.24) is 14.8 Å².